The van der Waals surface area contributed by atoms with E-state index < -0.39 is 5.82 Å². The van der Waals surface area contributed by atoms with Gasteiger partial charge in [0.05, 0.1) is 11.8 Å². The molecule has 0 aliphatic rings. The minimum Gasteiger partial charge on any atom is -0.424 e. The van der Waals surface area contributed by atoms with Crippen LogP contribution in [-0.4, -0.2) is 25.1 Å². The molecular weight excluding hydrogens is 325 g/mol. The lowest BCUT2D eigenvalue weighted by Gasteiger charge is -2.03. The maximum Gasteiger partial charge on any atom is 0.321 e. The Morgan fingerprint density at radius 2 is 1.76 bits per heavy atom. The fourth-order valence-corrected chi connectivity index (χ4v) is 2.10. The van der Waals surface area contributed by atoms with Crippen molar-refractivity contribution in [3.63, 3.8) is 0 Å². The first-order valence-corrected chi connectivity index (χ1v) is 7.28. The summed E-state index contributed by atoms with van der Waals surface area (Å²) in [6, 6.07) is 10.3. The monoisotopic (exact) mass is 335 g/mol. The van der Waals surface area contributed by atoms with Gasteiger partial charge in [0.15, 0.2) is 0 Å². The first-order chi connectivity index (χ1) is 12.3. The van der Waals surface area contributed by atoms with Crippen molar-refractivity contribution in [2.24, 2.45) is 0 Å². The largest absolute Gasteiger partial charge is 0.424 e. The number of nitrogens with zero attached hydrogens (tertiary/aromatic N) is 5. The molecule has 0 spiro atoms. The third-order valence-electron chi connectivity index (χ3n) is 3.24. The summed E-state index contributed by atoms with van der Waals surface area (Å²) in [6.45, 7) is 0. The molecule has 122 valence electrons. The van der Waals surface area contributed by atoms with Gasteiger partial charge in [0.25, 0.3) is 5.89 Å². The van der Waals surface area contributed by atoms with Crippen LogP contribution in [0.2, 0.25) is 0 Å². The van der Waals surface area contributed by atoms with E-state index >= 15 is 0 Å². The second kappa shape index (κ2) is 6.44. The van der Waals surface area contributed by atoms with Gasteiger partial charge in [0, 0.05) is 24.2 Å². The molecule has 25 heavy (non-hydrogen) atoms. The number of benzene rings is 1. The molecule has 0 unspecified atom stereocenters. The highest BCUT2D eigenvalue weighted by molar-refractivity contribution is 5.59. The van der Waals surface area contributed by atoms with E-state index in [-0.39, 0.29) is 11.9 Å². The van der Waals surface area contributed by atoms with Gasteiger partial charge in [-0.3, -0.25) is 4.98 Å². The molecule has 3 heterocycles. The Bertz CT molecular complexity index is 989. The molecule has 0 N–H and O–H groups in total. The van der Waals surface area contributed by atoms with Gasteiger partial charge in [-0.05, 0) is 36.4 Å². The summed E-state index contributed by atoms with van der Waals surface area (Å²) >= 11 is 0. The van der Waals surface area contributed by atoms with E-state index in [1.54, 1.807) is 42.7 Å². The van der Waals surface area contributed by atoms with Crippen LogP contribution >= 0.6 is 0 Å². The Hall–Kier alpha value is -3.68. The summed E-state index contributed by atoms with van der Waals surface area (Å²) in [5.74, 6) is 0.677. The quantitative estimate of drug-likeness (QED) is 0.564. The van der Waals surface area contributed by atoms with E-state index in [0.717, 1.165) is 11.8 Å². The Morgan fingerprint density at radius 1 is 0.960 bits per heavy atom. The third-order valence-corrected chi connectivity index (χ3v) is 3.24. The maximum absolute atomic E-state index is 13.2. The van der Waals surface area contributed by atoms with Gasteiger partial charge in [0.1, 0.15) is 11.6 Å². The van der Waals surface area contributed by atoms with Gasteiger partial charge >= 0.3 is 6.01 Å². The lowest BCUT2D eigenvalue weighted by Crippen LogP contribution is -1.90. The molecule has 4 aromatic rings. The van der Waals surface area contributed by atoms with Crippen molar-refractivity contribution < 1.29 is 13.7 Å². The average molecular weight is 335 g/mol. The number of aromatic nitrogens is 5. The lowest BCUT2D eigenvalue weighted by molar-refractivity contribution is 0.431. The summed E-state index contributed by atoms with van der Waals surface area (Å²) in [6.07, 6.45) is 5.75. The van der Waals surface area contributed by atoms with Crippen molar-refractivity contribution >= 4 is 0 Å². The van der Waals surface area contributed by atoms with E-state index in [1.807, 2.05) is 0 Å². The Morgan fingerprint density at radius 3 is 2.52 bits per heavy atom. The fraction of sp³-hybridized carbons (Fsp3) is 0. The number of rotatable bonds is 4. The molecule has 0 aliphatic heterocycles. The van der Waals surface area contributed by atoms with E-state index in [2.05, 4.69) is 25.1 Å². The summed E-state index contributed by atoms with van der Waals surface area (Å²) in [4.78, 5) is 16.0. The van der Waals surface area contributed by atoms with Crippen molar-refractivity contribution in [2.45, 2.75) is 0 Å². The van der Waals surface area contributed by atoms with Crippen molar-refractivity contribution in [1.29, 1.82) is 0 Å². The summed E-state index contributed by atoms with van der Waals surface area (Å²) in [5, 5.41) is 3.90. The fourth-order valence-electron chi connectivity index (χ4n) is 2.10. The number of halogens is 1. The van der Waals surface area contributed by atoms with Gasteiger partial charge in [-0.15, -0.1) is 0 Å². The van der Waals surface area contributed by atoms with Crippen LogP contribution in [-0.2, 0) is 0 Å². The molecular formula is C17H10FN5O2. The second-order valence-electron chi connectivity index (χ2n) is 4.97. The van der Waals surface area contributed by atoms with Crippen molar-refractivity contribution in [1.82, 2.24) is 25.1 Å². The highest BCUT2D eigenvalue weighted by Gasteiger charge is 2.12. The van der Waals surface area contributed by atoms with Gasteiger partial charge in [-0.2, -0.15) is 4.98 Å². The third kappa shape index (κ3) is 3.32. The number of hydrogen-bond donors (Lipinski definition) is 0. The summed E-state index contributed by atoms with van der Waals surface area (Å²) < 4.78 is 23.9. The van der Waals surface area contributed by atoms with Gasteiger partial charge in [-0.25, -0.2) is 14.4 Å². The predicted octanol–water partition coefficient (Wildman–Crippen LogP) is 3.52. The molecule has 0 fully saturated rings. The predicted molar refractivity (Wildman–Crippen MR) is 85.0 cm³/mol. The zero-order valence-corrected chi connectivity index (χ0v) is 12.7. The van der Waals surface area contributed by atoms with E-state index in [9.17, 15) is 4.39 Å². The second-order valence-corrected chi connectivity index (χ2v) is 4.97. The molecule has 0 aliphatic carbocycles. The highest BCUT2D eigenvalue weighted by atomic mass is 19.1. The summed E-state index contributed by atoms with van der Waals surface area (Å²) in [5.41, 5.74) is 1.14. The normalized spacial score (nSPS) is 10.6. The van der Waals surface area contributed by atoms with Crippen LogP contribution in [0.25, 0.3) is 22.8 Å². The molecule has 0 bridgehead atoms. The van der Waals surface area contributed by atoms with Crippen LogP contribution in [0, 0.1) is 5.82 Å². The molecule has 0 amide bonds. The van der Waals surface area contributed by atoms with Crippen LogP contribution in [0.15, 0.2) is 65.7 Å². The van der Waals surface area contributed by atoms with E-state index in [0.29, 0.717) is 17.1 Å². The van der Waals surface area contributed by atoms with E-state index in [4.69, 9.17) is 9.26 Å². The van der Waals surface area contributed by atoms with Crippen LogP contribution in [0.1, 0.15) is 0 Å². The van der Waals surface area contributed by atoms with Crippen molar-refractivity contribution in [2.75, 3.05) is 0 Å². The van der Waals surface area contributed by atoms with Crippen molar-refractivity contribution in [3.05, 3.63) is 67.0 Å². The Balaban J connectivity index is 1.55. The number of pyridine rings is 1. The topological polar surface area (TPSA) is 86.8 Å². The molecule has 4 rings (SSSR count). The van der Waals surface area contributed by atoms with Gasteiger partial charge < -0.3 is 9.26 Å². The minimum absolute atomic E-state index is 0.194. The maximum atomic E-state index is 13.2. The standard InChI is InChI=1S/C17H10FN5O2/c18-13-8-12(9-19-10-13)16-22-15(23-25-16)11-2-4-14(5-3-11)24-17-20-6-1-7-21-17/h1-10H. The molecule has 0 radical (unpaired) electrons. The van der Waals surface area contributed by atoms with Gasteiger partial charge in [0.2, 0.25) is 5.82 Å². The Labute approximate surface area is 141 Å². The Kier molecular flexibility index (Phi) is 3.83. The molecule has 0 saturated heterocycles. The van der Waals surface area contributed by atoms with E-state index in [1.165, 1.54) is 12.3 Å². The lowest BCUT2D eigenvalue weighted by atomic mass is 10.2. The molecule has 8 heteroatoms. The van der Waals surface area contributed by atoms with Crippen molar-refractivity contribution in [3.8, 4) is 34.6 Å². The molecule has 7 nitrogen and oxygen atoms in total. The number of ether oxygens (including phenoxy) is 1. The zero-order valence-electron chi connectivity index (χ0n) is 12.7. The number of hydrogen-bond acceptors (Lipinski definition) is 7. The average Bonchev–Trinajstić information content (AvgIpc) is 3.13. The smallest absolute Gasteiger partial charge is 0.321 e. The van der Waals surface area contributed by atoms with Crippen LogP contribution in [0.4, 0.5) is 4.39 Å². The molecule has 3 aromatic heterocycles. The minimum atomic E-state index is -0.470. The molecule has 0 saturated carbocycles. The molecule has 0 atom stereocenters. The first kappa shape index (κ1) is 14.9. The van der Waals surface area contributed by atoms with Crippen LogP contribution in [0.3, 0.4) is 0 Å². The first-order valence-electron chi connectivity index (χ1n) is 7.28. The summed E-state index contributed by atoms with van der Waals surface area (Å²) in [7, 11) is 0. The van der Waals surface area contributed by atoms with Crippen LogP contribution in [0.5, 0.6) is 11.8 Å². The molecule has 1 aromatic carbocycles. The SMILES string of the molecule is Fc1cncc(-c2nc(-c3ccc(Oc4ncccn4)cc3)no2)c1. The van der Waals surface area contributed by atoms with Gasteiger partial charge in [-0.1, -0.05) is 5.16 Å². The highest BCUT2D eigenvalue weighted by Crippen LogP contribution is 2.25. The zero-order chi connectivity index (χ0) is 17.1. The van der Waals surface area contributed by atoms with Crippen LogP contribution < -0.4 is 4.74 Å².